The van der Waals surface area contributed by atoms with Crippen molar-refractivity contribution in [1.29, 1.82) is 0 Å². The molecule has 2 unspecified atom stereocenters. The standard InChI is InChI=1S/C25H29Cl2N3O4S/c1-16(31)28-35(33,34)19-8-6-18-7-10-23(30-11-3-4-12-30)25(20(18)15-19)29(2)24(32)14-17-5-9-21(26)22(27)13-17/h5-6,8-9,13,15,23,25H,3-4,7,10-12,14H2,1-2H3,(H,28,31). The molecule has 7 nitrogen and oxygen atoms in total. The maximum atomic E-state index is 13.5. The van der Waals surface area contributed by atoms with Crippen molar-refractivity contribution in [2.45, 2.75) is 56.0 Å². The average Bonchev–Trinajstić information content (AvgIpc) is 3.34. The number of nitrogens with one attached hydrogen (secondary N) is 1. The van der Waals surface area contributed by atoms with E-state index in [0.717, 1.165) is 62.4 Å². The number of rotatable bonds is 6. The summed E-state index contributed by atoms with van der Waals surface area (Å²) in [5.41, 5.74) is 2.58. The predicted molar refractivity (Wildman–Crippen MR) is 136 cm³/mol. The molecule has 0 radical (unpaired) electrons. The largest absolute Gasteiger partial charge is 0.337 e. The molecule has 0 spiro atoms. The van der Waals surface area contributed by atoms with Crippen molar-refractivity contribution in [1.82, 2.24) is 14.5 Å². The fourth-order valence-corrected chi connectivity index (χ4v) is 6.53. The van der Waals surface area contributed by atoms with E-state index in [1.807, 2.05) is 4.72 Å². The summed E-state index contributed by atoms with van der Waals surface area (Å²) in [6.07, 6.45) is 4.03. The second-order valence-electron chi connectivity index (χ2n) is 9.25. The van der Waals surface area contributed by atoms with Crippen LogP contribution in [0.4, 0.5) is 0 Å². The van der Waals surface area contributed by atoms with Gasteiger partial charge in [0.1, 0.15) is 0 Å². The first-order valence-electron chi connectivity index (χ1n) is 11.7. The Labute approximate surface area is 216 Å². The van der Waals surface area contributed by atoms with E-state index in [1.165, 1.54) is 6.07 Å². The van der Waals surface area contributed by atoms with E-state index < -0.39 is 15.9 Å². The van der Waals surface area contributed by atoms with Crippen LogP contribution in [0.1, 0.15) is 48.9 Å². The number of carbonyl (C=O) groups excluding carboxylic acids is 2. The zero-order valence-electron chi connectivity index (χ0n) is 19.8. The second-order valence-corrected chi connectivity index (χ2v) is 11.7. The zero-order chi connectivity index (χ0) is 25.3. The van der Waals surface area contributed by atoms with Crippen molar-refractivity contribution in [3.63, 3.8) is 0 Å². The topological polar surface area (TPSA) is 86.8 Å². The molecule has 1 aliphatic heterocycles. The van der Waals surface area contributed by atoms with Crippen LogP contribution in [0.3, 0.4) is 0 Å². The highest BCUT2D eigenvalue weighted by Gasteiger charge is 2.39. The Morgan fingerprint density at radius 2 is 1.80 bits per heavy atom. The molecule has 2 aliphatic rings. The molecule has 4 rings (SSSR count). The summed E-state index contributed by atoms with van der Waals surface area (Å²) < 4.78 is 27.5. The van der Waals surface area contributed by atoms with E-state index >= 15 is 0 Å². The van der Waals surface area contributed by atoms with Crippen molar-refractivity contribution in [3.8, 4) is 0 Å². The summed E-state index contributed by atoms with van der Waals surface area (Å²) in [6.45, 7) is 3.07. The monoisotopic (exact) mass is 537 g/mol. The van der Waals surface area contributed by atoms with Crippen LogP contribution in [0.5, 0.6) is 0 Å². The minimum absolute atomic E-state index is 0.0175. The molecule has 1 fully saturated rings. The minimum Gasteiger partial charge on any atom is -0.337 e. The Morgan fingerprint density at radius 1 is 1.09 bits per heavy atom. The lowest BCUT2D eigenvalue weighted by Crippen LogP contribution is -2.48. The van der Waals surface area contributed by atoms with Gasteiger partial charge in [-0.1, -0.05) is 35.3 Å². The fourth-order valence-electron chi connectivity index (χ4n) is 5.19. The van der Waals surface area contributed by atoms with E-state index in [4.69, 9.17) is 23.2 Å². The molecule has 2 atom stereocenters. The van der Waals surface area contributed by atoms with Crippen molar-refractivity contribution < 1.29 is 18.0 Å². The van der Waals surface area contributed by atoms with Crippen LogP contribution >= 0.6 is 23.2 Å². The number of fused-ring (bicyclic) bond motifs is 1. The number of benzene rings is 2. The molecule has 0 saturated carbocycles. The zero-order valence-corrected chi connectivity index (χ0v) is 22.1. The van der Waals surface area contributed by atoms with E-state index in [1.54, 1.807) is 42.3 Å². The summed E-state index contributed by atoms with van der Waals surface area (Å²) in [5.74, 6) is -0.747. The Balaban J connectivity index is 1.71. The number of aryl methyl sites for hydroxylation is 1. The highest BCUT2D eigenvalue weighted by atomic mass is 35.5. The van der Waals surface area contributed by atoms with Gasteiger partial charge in [-0.3, -0.25) is 14.5 Å². The van der Waals surface area contributed by atoms with Crippen LogP contribution in [-0.2, 0) is 32.5 Å². The van der Waals surface area contributed by atoms with Gasteiger partial charge in [0, 0.05) is 20.0 Å². The van der Waals surface area contributed by atoms with Crippen molar-refractivity contribution in [2.75, 3.05) is 20.1 Å². The van der Waals surface area contributed by atoms with Crippen molar-refractivity contribution in [3.05, 3.63) is 63.1 Å². The third-order valence-corrected chi connectivity index (χ3v) is 9.03. The first-order valence-corrected chi connectivity index (χ1v) is 13.9. The summed E-state index contributed by atoms with van der Waals surface area (Å²) in [7, 11) is -2.22. The van der Waals surface area contributed by atoms with Crippen LogP contribution in [0.15, 0.2) is 41.3 Å². The Morgan fingerprint density at radius 3 is 2.46 bits per heavy atom. The maximum absolute atomic E-state index is 13.5. The molecule has 1 N–H and O–H groups in total. The molecule has 35 heavy (non-hydrogen) atoms. The second kappa shape index (κ2) is 10.5. The summed E-state index contributed by atoms with van der Waals surface area (Å²) in [5, 5.41) is 0.824. The Kier molecular flexibility index (Phi) is 7.76. The summed E-state index contributed by atoms with van der Waals surface area (Å²) in [4.78, 5) is 29.1. The van der Waals surface area contributed by atoms with Gasteiger partial charge in [0.05, 0.1) is 27.4 Å². The number of hydrogen-bond acceptors (Lipinski definition) is 5. The maximum Gasteiger partial charge on any atom is 0.264 e. The third kappa shape index (κ3) is 5.66. The quantitative estimate of drug-likeness (QED) is 0.602. The molecular formula is C25H29Cl2N3O4S. The molecular weight excluding hydrogens is 509 g/mol. The van der Waals surface area contributed by atoms with Gasteiger partial charge in [-0.25, -0.2) is 13.1 Å². The van der Waals surface area contributed by atoms with Crippen molar-refractivity contribution in [2.24, 2.45) is 0 Å². The highest BCUT2D eigenvalue weighted by molar-refractivity contribution is 7.90. The van der Waals surface area contributed by atoms with Crippen LogP contribution in [0.2, 0.25) is 10.0 Å². The number of sulfonamides is 1. The SMILES string of the molecule is CC(=O)NS(=O)(=O)c1ccc2c(c1)C(N(C)C(=O)Cc1ccc(Cl)c(Cl)c1)C(N1CCCC1)CC2. The third-order valence-electron chi connectivity index (χ3n) is 6.86. The molecule has 1 heterocycles. The van der Waals surface area contributed by atoms with Gasteiger partial charge in [0.2, 0.25) is 11.8 Å². The number of amides is 2. The van der Waals surface area contributed by atoms with Crippen LogP contribution in [0, 0.1) is 0 Å². The first kappa shape index (κ1) is 25.9. The lowest BCUT2D eigenvalue weighted by Gasteiger charge is -2.43. The minimum atomic E-state index is -4.00. The van der Waals surface area contributed by atoms with Gasteiger partial charge in [0.15, 0.2) is 0 Å². The molecule has 0 bridgehead atoms. The Bertz CT molecular complexity index is 1250. The van der Waals surface area contributed by atoms with Gasteiger partial charge >= 0.3 is 0 Å². The first-order chi connectivity index (χ1) is 16.6. The highest BCUT2D eigenvalue weighted by Crippen LogP contribution is 2.39. The number of nitrogens with zero attached hydrogens (tertiary/aromatic N) is 2. The predicted octanol–water partition coefficient (Wildman–Crippen LogP) is 3.97. The van der Waals surface area contributed by atoms with E-state index in [2.05, 4.69) is 4.90 Å². The summed E-state index contributed by atoms with van der Waals surface area (Å²) in [6, 6.07) is 9.85. The molecule has 2 aromatic rings. The van der Waals surface area contributed by atoms with Gasteiger partial charge in [0.25, 0.3) is 10.0 Å². The van der Waals surface area contributed by atoms with Gasteiger partial charge in [-0.05, 0) is 79.7 Å². The number of carbonyl (C=O) groups is 2. The number of likely N-dealkylation sites (tertiary alicyclic amines) is 1. The van der Waals surface area contributed by atoms with E-state index in [-0.39, 0.29) is 29.3 Å². The smallest absolute Gasteiger partial charge is 0.264 e. The molecule has 2 aromatic carbocycles. The lowest BCUT2D eigenvalue weighted by atomic mass is 9.82. The van der Waals surface area contributed by atoms with E-state index in [9.17, 15) is 18.0 Å². The number of likely N-dealkylation sites (N-methyl/N-ethyl adjacent to an activating group) is 1. The number of halogens is 2. The van der Waals surface area contributed by atoms with Crippen LogP contribution in [0.25, 0.3) is 0 Å². The molecule has 2 amide bonds. The molecule has 1 aliphatic carbocycles. The van der Waals surface area contributed by atoms with Crippen molar-refractivity contribution >= 4 is 45.0 Å². The van der Waals surface area contributed by atoms with Crippen LogP contribution < -0.4 is 4.72 Å². The Hall–Kier alpha value is -2.13. The fraction of sp³-hybridized carbons (Fsp3) is 0.440. The lowest BCUT2D eigenvalue weighted by molar-refractivity contribution is -0.133. The number of hydrogen-bond donors (Lipinski definition) is 1. The molecule has 10 heteroatoms. The molecule has 188 valence electrons. The van der Waals surface area contributed by atoms with Gasteiger partial charge in [-0.15, -0.1) is 0 Å². The average molecular weight is 538 g/mol. The van der Waals surface area contributed by atoms with E-state index in [0.29, 0.717) is 10.0 Å². The summed E-state index contributed by atoms with van der Waals surface area (Å²) >= 11 is 12.2. The molecule has 0 aromatic heterocycles. The molecule has 1 saturated heterocycles. The van der Waals surface area contributed by atoms with Crippen LogP contribution in [-0.4, -0.2) is 56.2 Å². The van der Waals surface area contributed by atoms with Gasteiger partial charge < -0.3 is 4.90 Å². The normalized spacial score (nSPS) is 20.3. The van der Waals surface area contributed by atoms with Gasteiger partial charge in [-0.2, -0.15) is 0 Å².